The van der Waals surface area contributed by atoms with E-state index in [1.165, 1.54) is 12.0 Å². The molecule has 1 aromatic carbocycles. The van der Waals surface area contributed by atoms with Crippen molar-refractivity contribution in [1.29, 1.82) is 0 Å². The van der Waals surface area contributed by atoms with E-state index < -0.39 is 0 Å². The molecular weight excluding hydrogens is 340 g/mol. The average molecular weight is 360 g/mol. The smallest absolute Gasteiger partial charge is 0.231 e. The topological polar surface area (TPSA) is 92.4 Å². The highest BCUT2D eigenvalue weighted by molar-refractivity contribution is 7.98. The van der Waals surface area contributed by atoms with Crippen molar-refractivity contribution >= 4 is 24.0 Å². The third kappa shape index (κ3) is 6.46. The van der Waals surface area contributed by atoms with Crippen molar-refractivity contribution in [2.24, 2.45) is 10.5 Å². The molecule has 1 aliphatic rings. The lowest BCUT2D eigenvalue weighted by atomic mass is 10.1. The van der Waals surface area contributed by atoms with Gasteiger partial charge in [-0.3, -0.25) is 0 Å². The summed E-state index contributed by atoms with van der Waals surface area (Å²) >= 11 is 2.27. The van der Waals surface area contributed by atoms with Gasteiger partial charge in [-0.05, 0) is 37.8 Å². The second-order valence-corrected chi connectivity index (χ2v) is 6.73. The van der Waals surface area contributed by atoms with E-state index in [-0.39, 0.29) is 12.0 Å². The van der Waals surface area contributed by atoms with Crippen LogP contribution in [-0.2, 0) is 4.28 Å². The molecule has 1 aromatic rings. The standard InChI is InChI=1S/C14H20N2O5S2/c15-21-22-8-6-12(23-16-17)3-1-2-7-18-11-4-5-13-14(9-11)20-10-19-13/h4-5,9,12H,1-3,6-8,10,15H2. The fourth-order valence-corrected chi connectivity index (χ4v) is 3.41. The Morgan fingerprint density at radius 2 is 2.13 bits per heavy atom. The molecule has 2 N–H and O–H groups in total. The van der Waals surface area contributed by atoms with E-state index in [2.05, 4.69) is 8.87 Å². The molecule has 1 aliphatic heterocycles. The van der Waals surface area contributed by atoms with Gasteiger partial charge in [0, 0.05) is 45.6 Å². The van der Waals surface area contributed by atoms with Crippen molar-refractivity contribution in [2.75, 3.05) is 19.2 Å². The molecule has 1 atom stereocenters. The Morgan fingerprint density at radius 1 is 1.26 bits per heavy atom. The van der Waals surface area contributed by atoms with E-state index in [0.29, 0.717) is 6.61 Å². The van der Waals surface area contributed by atoms with Crippen LogP contribution in [0.4, 0.5) is 0 Å². The van der Waals surface area contributed by atoms with E-state index in [4.69, 9.17) is 20.1 Å². The minimum absolute atomic E-state index is 0.195. The van der Waals surface area contributed by atoms with Gasteiger partial charge in [-0.25, -0.2) is 10.2 Å². The van der Waals surface area contributed by atoms with Crippen molar-refractivity contribution in [3.63, 3.8) is 0 Å². The van der Waals surface area contributed by atoms with Crippen LogP contribution in [0.15, 0.2) is 22.8 Å². The number of nitrogens with two attached hydrogens (primary N) is 1. The van der Waals surface area contributed by atoms with Crippen LogP contribution in [0, 0.1) is 4.91 Å². The van der Waals surface area contributed by atoms with E-state index >= 15 is 0 Å². The lowest BCUT2D eigenvalue weighted by Crippen LogP contribution is -2.06. The van der Waals surface area contributed by atoms with Crippen molar-refractivity contribution in [3.8, 4) is 17.2 Å². The van der Waals surface area contributed by atoms with Crippen LogP contribution in [0.2, 0.25) is 0 Å². The van der Waals surface area contributed by atoms with Gasteiger partial charge < -0.3 is 14.2 Å². The minimum atomic E-state index is 0.195. The normalized spacial score (nSPS) is 13.8. The highest BCUT2D eigenvalue weighted by Crippen LogP contribution is 2.35. The van der Waals surface area contributed by atoms with Crippen molar-refractivity contribution in [3.05, 3.63) is 23.1 Å². The summed E-state index contributed by atoms with van der Waals surface area (Å²) in [5.74, 6) is 7.94. The Labute approximate surface area is 143 Å². The molecule has 0 radical (unpaired) electrons. The zero-order chi connectivity index (χ0) is 16.3. The highest BCUT2D eigenvalue weighted by Gasteiger charge is 2.14. The first-order valence-corrected chi connectivity index (χ1v) is 9.07. The van der Waals surface area contributed by atoms with Gasteiger partial charge in [0.05, 0.1) is 6.61 Å². The van der Waals surface area contributed by atoms with Crippen LogP contribution in [0.5, 0.6) is 17.2 Å². The average Bonchev–Trinajstić information content (AvgIpc) is 3.02. The number of hydrogen-bond acceptors (Lipinski definition) is 9. The lowest BCUT2D eigenvalue weighted by Gasteiger charge is -2.11. The van der Waals surface area contributed by atoms with Gasteiger partial charge in [0.2, 0.25) is 6.79 Å². The quantitative estimate of drug-likeness (QED) is 0.198. The fourth-order valence-electron chi connectivity index (χ4n) is 2.17. The Morgan fingerprint density at radius 3 is 2.96 bits per heavy atom. The summed E-state index contributed by atoms with van der Waals surface area (Å²) in [6.45, 7) is 0.877. The van der Waals surface area contributed by atoms with E-state index in [9.17, 15) is 4.91 Å². The second-order valence-electron chi connectivity index (χ2n) is 4.87. The Bertz CT molecular complexity index is 492. The number of hydrogen-bond donors (Lipinski definition) is 1. The fraction of sp³-hybridized carbons (Fsp3) is 0.571. The molecule has 0 spiro atoms. The molecule has 7 nitrogen and oxygen atoms in total. The molecule has 2 rings (SSSR count). The van der Waals surface area contributed by atoms with Crippen LogP contribution in [0.3, 0.4) is 0 Å². The van der Waals surface area contributed by atoms with Gasteiger partial charge in [0.25, 0.3) is 0 Å². The molecule has 1 unspecified atom stereocenters. The molecule has 0 aromatic heterocycles. The summed E-state index contributed by atoms with van der Waals surface area (Å²) in [5, 5.41) is 0.195. The molecule has 0 bridgehead atoms. The molecular formula is C14H20N2O5S2. The van der Waals surface area contributed by atoms with Gasteiger partial charge in [-0.15, -0.1) is 4.91 Å². The Hall–Kier alpha value is -1.16. The molecule has 0 saturated carbocycles. The number of ether oxygens (including phenoxy) is 3. The minimum Gasteiger partial charge on any atom is -0.493 e. The second kappa shape index (κ2) is 10.6. The molecule has 0 amide bonds. The summed E-state index contributed by atoms with van der Waals surface area (Å²) in [6.07, 6.45) is 3.62. The van der Waals surface area contributed by atoms with Gasteiger partial charge in [0.15, 0.2) is 11.5 Å². The molecule has 9 heteroatoms. The van der Waals surface area contributed by atoms with Gasteiger partial charge in [0.1, 0.15) is 5.75 Å². The van der Waals surface area contributed by atoms with Crippen LogP contribution >= 0.6 is 24.0 Å². The largest absolute Gasteiger partial charge is 0.493 e. The SMILES string of the molecule is NOSCCC(CCCCOc1ccc2c(c1)OCO2)SN=O. The number of benzene rings is 1. The van der Waals surface area contributed by atoms with E-state index in [1.807, 2.05) is 18.2 Å². The van der Waals surface area contributed by atoms with Gasteiger partial charge in [-0.1, -0.05) is 0 Å². The predicted octanol–water partition coefficient (Wildman–Crippen LogP) is 3.68. The van der Waals surface area contributed by atoms with Gasteiger partial charge >= 0.3 is 0 Å². The Kier molecular flexibility index (Phi) is 8.37. The third-order valence-electron chi connectivity index (χ3n) is 3.32. The first kappa shape index (κ1) is 18.2. The Balaban J connectivity index is 1.61. The number of nitroso groups, excluding NO2 is 1. The highest BCUT2D eigenvalue weighted by atomic mass is 32.2. The maximum atomic E-state index is 10.4. The first-order chi connectivity index (χ1) is 11.3. The zero-order valence-electron chi connectivity index (χ0n) is 12.6. The van der Waals surface area contributed by atoms with Crippen LogP contribution in [0.25, 0.3) is 0 Å². The first-order valence-electron chi connectivity index (χ1n) is 7.32. The predicted molar refractivity (Wildman–Crippen MR) is 91.4 cm³/mol. The summed E-state index contributed by atoms with van der Waals surface area (Å²) in [7, 11) is 0. The number of fused-ring (bicyclic) bond motifs is 1. The molecule has 128 valence electrons. The summed E-state index contributed by atoms with van der Waals surface area (Å²) in [6, 6.07) is 5.55. The maximum absolute atomic E-state index is 10.4. The number of rotatable bonds is 12. The van der Waals surface area contributed by atoms with Crippen LogP contribution in [0.1, 0.15) is 25.7 Å². The molecule has 23 heavy (non-hydrogen) atoms. The van der Waals surface area contributed by atoms with Gasteiger partial charge in [-0.2, -0.15) is 0 Å². The van der Waals surface area contributed by atoms with Crippen LogP contribution in [-0.4, -0.2) is 24.4 Å². The maximum Gasteiger partial charge on any atom is 0.231 e. The summed E-state index contributed by atoms with van der Waals surface area (Å²) in [5.41, 5.74) is 0. The summed E-state index contributed by atoms with van der Waals surface area (Å²) < 4.78 is 23.6. The number of nitrogens with zero attached hydrogens (tertiary/aromatic N) is 1. The summed E-state index contributed by atoms with van der Waals surface area (Å²) in [4.78, 5) is 10.4. The number of unbranched alkanes of at least 4 members (excludes halogenated alkanes) is 1. The molecule has 0 fully saturated rings. The monoisotopic (exact) mass is 360 g/mol. The van der Waals surface area contributed by atoms with Crippen LogP contribution < -0.4 is 20.1 Å². The molecule has 1 heterocycles. The molecule has 0 saturated heterocycles. The van der Waals surface area contributed by atoms with E-state index in [0.717, 1.165) is 60.6 Å². The zero-order valence-corrected chi connectivity index (χ0v) is 14.3. The lowest BCUT2D eigenvalue weighted by molar-refractivity contribution is 0.173. The van der Waals surface area contributed by atoms with Crippen molar-refractivity contribution < 1.29 is 18.5 Å². The molecule has 0 aliphatic carbocycles. The van der Waals surface area contributed by atoms with E-state index in [1.54, 1.807) is 0 Å². The van der Waals surface area contributed by atoms with Crippen molar-refractivity contribution in [1.82, 2.24) is 0 Å². The van der Waals surface area contributed by atoms with Crippen molar-refractivity contribution in [2.45, 2.75) is 30.9 Å². The third-order valence-corrected chi connectivity index (χ3v) is 4.71.